The van der Waals surface area contributed by atoms with E-state index in [0.717, 1.165) is 12.1 Å². The lowest BCUT2D eigenvalue weighted by molar-refractivity contribution is -0.118. The number of ether oxygens (including phenoxy) is 1. The van der Waals surface area contributed by atoms with Crippen molar-refractivity contribution in [2.24, 2.45) is 0 Å². The number of carbonyl (C=O) groups excluding carboxylic acids is 2. The van der Waals surface area contributed by atoms with Crippen molar-refractivity contribution >= 4 is 17.5 Å². The molecule has 0 saturated heterocycles. The van der Waals surface area contributed by atoms with Gasteiger partial charge in [0.25, 0.3) is 11.8 Å². The standard InChI is InChI=1S/C20H21F2N3O3/c1-24(2)8-9-25(11-13-6-7-15(21)16(22)10-13)20(27)14-4-3-5-17-19(14)28-12-18(26)23-17/h3-7,10H,8-9,11-12H2,1-2H3,(H,23,26). The van der Waals surface area contributed by atoms with Crippen LogP contribution in [0.3, 0.4) is 0 Å². The summed E-state index contributed by atoms with van der Waals surface area (Å²) in [7, 11) is 3.76. The van der Waals surface area contributed by atoms with Crippen molar-refractivity contribution in [1.29, 1.82) is 0 Å². The zero-order chi connectivity index (χ0) is 20.3. The molecule has 0 radical (unpaired) electrons. The van der Waals surface area contributed by atoms with Gasteiger partial charge < -0.3 is 19.9 Å². The second kappa shape index (κ2) is 8.35. The number of anilines is 1. The molecular formula is C20H21F2N3O3. The minimum Gasteiger partial charge on any atom is -0.481 e. The molecule has 2 aromatic carbocycles. The molecule has 6 nitrogen and oxygen atoms in total. The fourth-order valence-corrected chi connectivity index (χ4v) is 2.89. The van der Waals surface area contributed by atoms with Crippen molar-refractivity contribution in [3.63, 3.8) is 0 Å². The molecule has 148 valence electrons. The van der Waals surface area contributed by atoms with Crippen molar-refractivity contribution in [1.82, 2.24) is 9.80 Å². The predicted octanol–water partition coefficient (Wildman–Crippen LogP) is 2.50. The molecule has 0 spiro atoms. The highest BCUT2D eigenvalue weighted by Crippen LogP contribution is 2.32. The molecule has 1 aliphatic heterocycles. The highest BCUT2D eigenvalue weighted by atomic mass is 19.2. The third-order valence-corrected chi connectivity index (χ3v) is 4.33. The summed E-state index contributed by atoms with van der Waals surface area (Å²) < 4.78 is 32.3. The average molecular weight is 389 g/mol. The Kier molecular flexibility index (Phi) is 5.89. The van der Waals surface area contributed by atoms with Gasteiger partial charge in [-0.1, -0.05) is 12.1 Å². The van der Waals surface area contributed by atoms with Crippen LogP contribution < -0.4 is 10.1 Å². The number of nitrogens with one attached hydrogen (secondary N) is 1. The molecule has 28 heavy (non-hydrogen) atoms. The maximum Gasteiger partial charge on any atom is 0.262 e. The summed E-state index contributed by atoms with van der Waals surface area (Å²) in [6.45, 7) is 0.904. The molecule has 8 heteroatoms. The number of amides is 2. The number of fused-ring (bicyclic) bond motifs is 1. The summed E-state index contributed by atoms with van der Waals surface area (Å²) in [5, 5.41) is 2.67. The summed E-state index contributed by atoms with van der Waals surface area (Å²) in [5.74, 6) is -2.19. The largest absolute Gasteiger partial charge is 0.481 e. The van der Waals surface area contributed by atoms with Crippen LogP contribution in [0, 0.1) is 11.6 Å². The number of carbonyl (C=O) groups is 2. The summed E-state index contributed by atoms with van der Waals surface area (Å²) in [6.07, 6.45) is 0. The number of likely N-dealkylation sites (N-methyl/N-ethyl adjacent to an activating group) is 1. The second-order valence-electron chi connectivity index (χ2n) is 6.80. The zero-order valence-electron chi connectivity index (χ0n) is 15.7. The van der Waals surface area contributed by atoms with Crippen molar-refractivity contribution < 1.29 is 23.1 Å². The first-order chi connectivity index (χ1) is 13.3. The molecule has 1 aliphatic rings. The Morgan fingerprint density at radius 3 is 2.64 bits per heavy atom. The number of benzene rings is 2. The Labute approximate surface area is 161 Å². The smallest absolute Gasteiger partial charge is 0.262 e. The van der Waals surface area contributed by atoms with E-state index in [9.17, 15) is 18.4 Å². The van der Waals surface area contributed by atoms with E-state index >= 15 is 0 Å². The van der Waals surface area contributed by atoms with Crippen LogP contribution in [0.1, 0.15) is 15.9 Å². The van der Waals surface area contributed by atoms with Crippen molar-refractivity contribution in [3.05, 3.63) is 59.2 Å². The molecular weight excluding hydrogens is 368 g/mol. The predicted molar refractivity (Wildman–Crippen MR) is 100 cm³/mol. The Morgan fingerprint density at radius 2 is 1.93 bits per heavy atom. The molecule has 0 aromatic heterocycles. The van der Waals surface area contributed by atoms with Crippen LogP contribution in [-0.4, -0.2) is 55.4 Å². The Morgan fingerprint density at radius 1 is 1.14 bits per heavy atom. The zero-order valence-corrected chi connectivity index (χ0v) is 15.7. The van der Waals surface area contributed by atoms with E-state index in [1.165, 1.54) is 6.07 Å². The van der Waals surface area contributed by atoms with E-state index in [-0.39, 0.29) is 25.0 Å². The van der Waals surface area contributed by atoms with Crippen LogP contribution in [-0.2, 0) is 11.3 Å². The minimum absolute atomic E-state index is 0.111. The van der Waals surface area contributed by atoms with Crippen molar-refractivity contribution in [2.45, 2.75) is 6.54 Å². The van der Waals surface area contributed by atoms with E-state index in [1.54, 1.807) is 23.1 Å². The molecule has 3 rings (SSSR count). The third-order valence-electron chi connectivity index (χ3n) is 4.33. The molecule has 2 amide bonds. The van der Waals surface area contributed by atoms with E-state index in [0.29, 0.717) is 35.7 Å². The lowest BCUT2D eigenvalue weighted by atomic mass is 10.1. The SMILES string of the molecule is CN(C)CCN(Cc1ccc(F)c(F)c1)C(=O)c1cccc2c1OCC(=O)N2. The van der Waals surface area contributed by atoms with Gasteiger partial charge in [0.05, 0.1) is 11.3 Å². The van der Waals surface area contributed by atoms with Gasteiger partial charge in [0.1, 0.15) is 0 Å². The number of hydrogen-bond donors (Lipinski definition) is 1. The Hall–Kier alpha value is -3.00. The third kappa shape index (κ3) is 4.45. The molecule has 0 fully saturated rings. The molecule has 0 bridgehead atoms. The maximum atomic E-state index is 13.6. The Balaban J connectivity index is 1.89. The van der Waals surface area contributed by atoms with Gasteiger partial charge in [-0.05, 0) is 43.9 Å². The summed E-state index contributed by atoms with van der Waals surface area (Å²) in [5.41, 5.74) is 1.21. The topological polar surface area (TPSA) is 61.9 Å². The maximum absolute atomic E-state index is 13.6. The van der Waals surface area contributed by atoms with Gasteiger partial charge in [-0.25, -0.2) is 8.78 Å². The summed E-state index contributed by atoms with van der Waals surface area (Å²) >= 11 is 0. The number of halogens is 2. The van der Waals surface area contributed by atoms with Gasteiger partial charge in [0.2, 0.25) is 0 Å². The molecule has 1 heterocycles. The highest BCUT2D eigenvalue weighted by Gasteiger charge is 2.26. The monoisotopic (exact) mass is 389 g/mol. The van der Waals surface area contributed by atoms with Gasteiger partial charge in [-0.15, -0.1) is 0 Å². The quantitative estimate of drug-likeness (QED) is 0.825. The van der Waals surface area contributed by atoms with E-state index in [4.69, 9.17) is 4.74 Å². The molecule has 0 aliphatic carbocycles. The summed E-state index contributed by atoms with van der Waals surface area (Å²) in [4.78, 5) is 28.2. The van der Waals surface area contributed by atoms with Crippen LogP contribution in [0.25, 0.3) is 0 Å². The van der Waals surface area contributed by atoms with Crippen LogP contribution in [0.2, 0.25) is 0 Å². The molecule has 0 atom stereocenters. The van der Waals surface area contributed by atoms with Crippen LogP contribution in [0.4, 0.5) is 14.5 Å². The first-order valence-electron chi connectivity index (χ1n) is 8.78. The molecule has 0 saturated carbocycles. The van der Waals surface area contributed by atoms with E-state index < -0.39 is 11.6 Å². The van der Waals surface area contributed by atoms with E-state index in [2.05, 4.69) is 5.32 Å². The molecule has 1 N–H and O–H groups in total. The summed E-state index contributed by atoms with van der Waals surface area (Å²) in [6, 6.07) is 8.51. The fourth-order valence-electron chi connectivity index (χ4n) is 2.89. The second-order valence-corrected chi connectivity index (χ2v) is 6.80. The normalized spacial score (nSPS) is 13.0. The number of hydrogen-bond acceptors (Lipinski definition) is 4. The lowest BCUT2D eigenvalue weighted by Crippen LogP contribution is -2.37. The van der Waals surface area contributed by atoms with Crippen LogP contribution >= 0.6 is 0 Å². The van der Waals surface area contributed by atoms with Gasteiger partial charge in [-0.2, -0.15) is 0 Å². The highest BCUT2D eigenvalue weighted by molar-refractivity contribution is 6.03. The average Bonchev–Trinajstić information content (AvgIpc) is 2.66. The van der Waals surface area contributed by atoms with Crippen molar-refractivity contribution in [3.8, 4) is 5.75 Å². The number of nitrogens with zero attached hydrogens (tertiary/aromatic N) is 2. The van der Waals surface area contributed by atoms with Gasteiger partial charge in [0, 0.05) is 19.6 Å². The fraction of sp³-hybridized carbons (Fsp3) is 0.300. The first kappa shape index (κ1) is 19.8. The van der Waals surface area contributed by atoms with Gasteiger partial charge >= 0.3 is 0 Å². The minimum atomic E-state index is -0.958. The van der Waals surface area contributed by atoms with Gasteiger partial charge in [-0.3, -0.25) is 9.59 Å². The number of para-hydroxylation sites is 1. The van der Waals surface area contributed by atoms with Crippen LogP contribution in [0.5, 0.6) is 5.75 Å². The number of rotatable bonds is 6. The molecule has 2 aromatic rings. The Bertz CT molecular complexity index is 902. The molecule has 0 unspecified atom stereocenters. The first-order valence-corrected chi connectivity index (χ1v) is 8.78. The van der Waals surface area contributed by atoms with E-state index in [1.807, 2.05) is 19.0 Å². The van der Waals surface area contributed by atoms with Crippen LogP contribution in [0.15, 0.2) is 36.4 Å². The van der Waals surface area contributed by atoms with Crippen molar-refractivity contribution in [2.75, 3.05) is 39.1 Å². The lowest BCUT2D eigenvalue weighted by Gasteiger charge is -2.27. The van der Waals surface area contributed by atoms with Gasteiger partial charge in [0.15, 0.2) is 24.0 Å².